The fourth-order valence-corrected chi connectivity index (χ4v) is 4.50. The second-order valence-electron chi connectivity index (χ2n) is 10.2. The molecule has 2 heterocycles. The van der Waals surface area contributed by atoms with Crippen molar-refractivity contribution in [2.24, 2.45) is 0 Å². The van der Waals surface area contributed by atoms with Gasteiger partial charge in [-0.1, -0.05) is 50.0 Å². The molecule has 0 spiro atoms. The number of methoxy groups -OCH3 is 1. The Labute approximate surface area is 223 Å². The number of amides is 1. The van der Waals surface area contributed by atoms with Gasteiger partial charge in [0.2, 0.25) is 5.95 Å². The number of imidazole rings is 1. The number of aromatic nitrogens is 4. The van der Waals surface area contributed by atoms with Crippen LogP contribution in [0.5, 0.6) is 0 Å². The minimum absolute atomic E-state index is 0.000532. The van der Waals surface area contributed by atoms with E-state index in [9.17, 15) is 9.59 Å². The summed E-state index contributed by atoms with van der Waals surface area (Å²) in [6.07, 6.45) is 5.39. The van der Waals surface area contributed by atoms with Crippen molar-refractivity contribution in [3.63, 3.8) is 0 Å². The van der Waals surface area contributed by atoms with Crippen molar-refractivity contribution in [2.75, 3.05) is 19.0 Å². The maximum atomic E-state index is 13.2. The number of nitrogens with zero attached hydrogens (tertiary/aromatic N) is 4. The van der Waals surface area contributed by atoms with Crippen molar-refractivity contribution in [2.45, 2.75) is 38.8 Å². The van der Waals surface area contributed by atoms with Crippen LogP contribution in [0.25, 0.3) is 16.8 Å². The van der Waals surface area contributed by atoms with Crippen LogP contribution in [0.1, 0.15) is 16.1 Å². The third-order valence-corrected chi connectivity index (χ3v) is 7.58. The Morgan fingerprint density at radius 2 is 1.79 bits per heavy atom. The number of hydrogen-bond donors (Lipinski definition) is 1. The molecule has 9 nitrogen and oxygen atoms in total. The highest BCUT2D eigenvalue weighted by atomic mass is 28.3. The van der Waals surface area contributed by atoms with E-state index in [1.54, 1.807) is 27.7 Å². The molecule has 10 heteroatoms. The van der Waals surface area contributed by atoms with E-state index in [0.717, 1.165) is 29.5 Å². The van der Waals surface area contributed by atoms with Crippen LogP contribution in [0.15, 0.2) is 73.2 Å². The monoisotopic (exact) mass is 531 g/mol. The van der Waals surface area contributed by atoms with Crippen molar-refractivity contribution < 1.29 is 19.1 Å². The summed E-state index contributed by atoms with van der Waals surface area (Å²) in [5, 5.41) is 7.29. The highest BCUT2D eigenvalue weighted by Gasteiger charge is 2.17. The Morgan fingerprint density at radius 1 is 1.00 bits per heavy atom. The number of esters is 1. The fourth-order valence-electron chi connectivity index (χ4n) is 3.74. The molecule has 0 aliphatic rings. The molecule has 2 aromatic heterocycles. The molecule has 0 bridgehead atoms. The zero-order valence-electron chi connectivity index (χ0n) is 22.2. The normalized spacial score (nSPS) is 11.4. The molecule has 0 aliphatic carbocycles. The first-order chi connectivity index (χ1) is 18.2. The molecule has 0 radical (unpaired) electrons. The molecule has 1 amide bonds. The molecule has 0 saturated carbocycles. The van der Waals surface area contributed by atoms with Gasteiger partial charge in [-0.2, -0.15) is 5.10 Å². The number of rotatable bonds is 11. The molecule has 0 atom stereocenters. The van der Waals surface area contributed by atoms with E-state index in [2.05, 4.69) is 35.0 Å². The number of para-hydroxylation sites is 1. The summed E-state index contributed by atoms with van der Waals surface area (Å²) in [5.74, 6) is -0.412. The van der Waals surface area contributed by atoms with Crippen LogP contribution in [0.4, 0.5) is 5.95 Å². The van der Waals surface area contributed by atoms with Crippen molar-refractivity contribution in [3.05, 3.63) is 84.4 Å². The quantitative estimate of drug-likeness (QED) is 0.166. The van der Waals surface area contributed by atoms with Crippen molar-refractivity contribution in [1.29, 1.82) is 0 Å². The van der Waals surface area contributed by atoms with E-state index in [1.165, 1.54) is 7.11 Å². The first-order valence-corrected chi connectivity index (χ1v) is 16.1. The Kier molecular flexibility index (Phi) is 8.54. The van der Waals surface area contributed by atoms with Gasteiger partial charge in [0.15, 0.2) is 0 Å². The van der Waals surface area contributed by atoms with E-state index in [4.69, 9.17) is 9.47 Å². The Balaban J connectivity index is 1.49. The standard InChI is InChI=1S/C28H33N5O4Si/c1-36-26(34)16-24-19-33(25-11-6-5-7-12-25)28(30-24)31-27(35)22-10-8-9-21(15-22)23-17-29-32(18-23)20-37-13-14-38(2,3)4/h5-12,15,17-19H,13-14,16,20H2,1-4H3,(H,30,31,35). The predicted octanol–water partition coefficient (Wildman–Crippen LogP) is 5.02. The van der Waals surface area contributed by atoms with Crippen molar-refractivity contribution >= 4 is 25.9 Å². The molecule has 38 heavy (non-hydrogen) atoms. The van der Waals surface area contributed by atoms with Crippen LogP contribution in [-0.4, -0.2) is 53.0 Å². The maximum absolute atomic E-state index is 13.2. The van der Waals surface area contributed by atoms with Gasteiger partial charge in [-0.3, -0.25) is 19.5 Å². The van der Waals surface area contributed by atoms with Gasteiger partial charge in [-0.25, -0.2) is 9.67 Å². The molecule has 2 aromatic carbocycles. The molecule has 4 rings (SSSR count). The number of nitrogens with one attached hydrogen (secondary N) is 1. The van der Waals surface area contributed by atoms with Gasteiger partial charge in [-0.05, 0) is 35.9 Å². The molecule has 0 unspecified atom stereocenters. The predicted molar refractivity (Wildman–Crippen MR) is 149 cm³/mol. The number of hydrogen-bond acceptors (Lipinski definition) is 6. The molecule has 0 aliphatic heterocycles. The summed E-state index contributed by atoms with van der Waals surface area (Å²) in [6, 6.07) is 17.9. The Hall–Kier alpha value is -4.02. The number of carbonyl (C=O) groups is 2. The van der Waals surface area contributed by atoms with Crippen LogP contribution >= 0.6 is 0 Å². The van der Waals surface area contributed by atoms with Gasteiger partial charge >= 0.3 is 5.97 Å². The number of carbonyl (C=O) groups excluding carboxylic acids is 2. The average molecular weight is 532 g/mol. The van der Waals surface area contributed by atoms with Crippen molar-refractivity contribution in [1.82, 2.24) is 19.3 Å². The van der Waals surface area contributed by atoms with Crippen LogP contribution in [0.3, 0.4) is 0 Å². The molecule has 4 aromatic rings. The summed E-state index contributed by atoms with van der Waals surface area (Å²) in [4.78, 5) is 29.5. The SMILES string of the molecule is COC(=O)Cc1cn(-c2ccccc2)c(NC(=O)c2cccc(-c3cnn(COCC[Si](C)(C)C)c3)c2)n1. The van der Waals surface area contributed by atoms with Crippen LogP contribution in [0.2, 0.25) is 25.7 Å². The Bertz CT molecular complexity index is 1390. The topological polar surface area (TPSA) is 100 Å². The third-order valence-electron chi connectivity index (χ3n) is 5.88. The van der Waals surface area contributed by atoms with Gasteiger partial charge in [0, 0.05) is 43.9 Å². The van der Waals surface area contributed by atoms with E-state index in [-0.39, 0.29) is 12.3 Å². The first kappa shape index (κ1) is 27.0. The van der Waals surface area contributed by atoms with Gasteiger partial charge in [-0.15, -0.1) is 0 Å². The average Bonchev–Trinajstić information content (AvgIpc) is 3.54. The zero-order chi connectivity index (χ0) is 27.1. The molecule has 0 fully saturated rings. The Morgan fingerprint density at radius 3 is 2.53 bits per heavy atom. The van der Waals surface area contributed by atoms with E-state index in [1.807, 2.05) is 54.7 Å². The number of benzene rings is 2. The van der Waals surface area contributed by atoms with Crippen LogP contribution in [0, 0.1) is 0 Å². The summed E-state index contributed by atoms with van der Waals surface area (Å²) in [5.41, 5.74) is 3.52. The summed E-state index contributed by atoms with van der Waals surface area (Å²) in [7, 11) is 0.193. The van der Waals surface area contributed by atoms with Gasteiger partial charge in [0.05, 0.1) is 25.4 Å². The number of anilines is 1. The molecule has 0 saturated heterocycles. The van der Waals surface area contributed by atoms with Gasteiger partial charge in [0.25, 0.3) is 5.91 Å². The first-order valence-electron chi connectivity index (χ1n) is 12.4. The third kappa shape index (κ3) is 7.27. The largest absolute Gasteiger partial charge is 0.469 e. The zero-order valence-corrected chi connectivity index (χ0v) is 23.2. The molecule has 1 N–H and O–H groups in total. The summed E-state index contributed by atoms with van der Waals surface area (Å²) in [6.45, 7) is 8.08. The lowest BCUT2D eigenvalue weighted by molar-refractivity contribution is -0.139. The fraction of sp³-hybridized carbons (Fsp3) is 0.286. The number of ether oxygens (including phenoxy) is 2. The van der Waals surface area contributed by atoms with E-state index in [0.29, 0.717) is 23.9 Å². The lowest BCUT2D eigenvalue weighted by Crippen LogP contribution is -2.22. The maximum Gasteiger partial charge on any atom is 0.311 e. The highest BCUT2D eigenvalue weighted by Crippen LogP contribution is 2.22. The minimum Gasteiger partial charge on any atom is -0.469 e. The highest BCUT2D eigenvalue weighted by molar-refractivity contribution is 6.76. The lowest BCUT2D eigenvalue weighted by atomic mass is 10.1. The minimum atomic E-state index is -1.14. The van der Waals surface area contributed by atoms with E-state index >= 15 is 0 Å². The molecular formula is C28H33N5O4Si. The van der Waals surface area contributed by atoms with Gasteiger partial charge < -0.3 is 9.47 Å². The molecule has 198 valence electrons. The van der Waals surface area contributed by atoms with E-state index < -0.39 is 14.0 Å². The van der Waals surface area contributed by atoms with Gasteiger partial charge in [0.1, 0.15) is 6.73 Å². The van der Waals surface area contributed by atoms with Crippen LogP contribution in [-0.2, 0) is 27.4 Å². The summed E-state index contributed by atoms with van der Waals surface area (Å²) < 4.78 is 14.1. The summed E-state index contributed by atoms with van der Waals surface area (Å²) >= 11 is 0. The smallest absolute Gasteiger partial charge is 0.311 e. The lowest BCUT2D eigenvalue weighted by Gasteiger charge is -2.15. The molecular weight excluding hydrogens is 498 g/mol. The second kappa shape index (κ2) is 12.0. The second-order valence-corrected chi connectivity index (χ2v) is 15.8. The van der Waals surface area contributed by atoms with Crippen LogP contribution < -0.4 is 5.32 Å². The van der Waals surface area contributed by atoms with Crippen molar-refractivity contribution in [3.8, 4) is 16.8 Å².